The molecule has 0 radical (unpaired) electrons. The number of pyridine rings is 1. The van der Waals surface area contributed by atoms with E-state index >= 15 is 0 Å². The van der Waals surface area contributed by atoms with Crippen molar-refractivity contribution in [2.24, 2.45) is 5.73 Å². The van der Waals surface area contributed by atoms with Crippen LogP contribution in [0.15, 0.2) is 18.3 Å². The van der Waals surface area contributed by atoms with Crippen molar-refractivity contribution in [1.82, 2.24) is 4.98 Å². The first-order chi connectivity index (χ1) is 8.34. The highest BCUT2D eigenvalue weighted by Crippen LogP contribution is 2.29. The Morgan fingerprint density at radius 3 is 2.50 bits per heavy atom. The molecule has 1 aromatic heterocycles. The normalized spacial score (nSPS) is 11.3. The third-order valence-electron chi connectivity index (χ3n) is 2.43. The molecule has 0 saturated carbocycles. The fourth-order valence-electron chi connectivity index (χ4n) is 1.43. The number of amidine groups is 1. The van der Waals surface area contributed by atoms with E-state index in [-0.39, 0.29) is 5.84 Å². The third-order valence-corrected chi connectivity index (χ3v) is 2.43. The number of aromatic nitrogens is 1. The molecule has 1 rings (SSSR count). The van der Waals surface area contributed by atoms with Gasteiger partial charge in [-0.05, 0) is 19.1 Å². The number of anilines is 1. The molecule has 0 aromatic carbocycles. The molecule has 0 amide bonds. The quantitative estimate of drug-likeness (QED) is 0.630. The van der Waals surface area contributed by atoms with Gasteiger partial charge < -0.3 is 10.6 Å². The Kier molecular flexibility index (Phi) is 4.52. The van der Waals surface area contributed by atoms with Crippen LogP contribution in [0, 0.1) is 5.41 Å². The number of nitrogens with two attached hydrogens (primary N) is 1. The topological polar surface area (TPSA) is 66.0 Å². The first kappa shape index (κ1) is 14.3. The molecule has 4 nitrogen and oxygen atoms in total. The number of nitrogens with zero attached hydrogens (tertiary/aromatic N) is 2. The summed E-state index contributed by atoms with van der Waals surface area (Å²) in [7, 11) is 0. The van der Waals surface area contributed by atoms with Gasteiger partial charge in [0.15, 0.2) is 0 Å². The first-order valence-corrected chi connectivity index (χ1v) is 5.45. The summed E-state index contributed by atoms with van der Waals surface area (Å²) in [6.07, 6.45) is -3.20. The summed E-state index contributed by atoms with van der Waals surface area (Å²) in [5.41, 5.74) is 4.47. The van der Waals surface area contributed by atoms with Crippen molar-refractivity contribution in [1.29, 1.82) is 5.41 Å². The van der Waals surface area contributed by atoms with Gasteiger partial charge in [0.25, 0.3) is 0 Å². The van der Waals surface area contributed by atoms with E-state index in [1.165, 1.54) is 6.07 Å². The van der Waals surface area contributed by atoms with Crippen LogP contribution in [0.4, 0.5) is 19.0 Å². The molecule has 0 bridgehead atoms. The van der Waals surface area contributed by atoms with E-state index < -0.39 is 11.7 Å². The van der Waals surface area contributed by atoms with Crippen LogP contribution in [0.25, 0.3) is 0 Å². The van der Waals surface area contributed by atoms with Gasteiger partial charge in [0.05, 0.1) is 11.4 Å². The van der Waals surface area contributed by atoms with Gasteiger partial charge in [-0.1, -0.05) is 0 Å². The summed E-state index contributed by atoms with van der Waals surface area (Å²) in [6, 6.07) is 2.32. The van der Waals surface area contributed by atoms with Crippen LogP contribution < -0.4 is 10.6 Å². The van der Waals surface area contributed by atoms with Crippen molar-refractivity contribution in [3.05, 3.63) is 23.9 Å². The highest BCUT2D eigenvalue weighted by atomic mass is 19.4. The van der Waals surface area contributed by atoms with E-state index in [9.17, 15) is 13.2 Å². The van der Waals surface area contributed by atoms with Crippen molar-refractivity contribution in [3.63, 3.8) is 0 Å². The number of alkyl halides is 3. The molecular formula is C11H15F3N4. The summed E-state index contributed by atoms with van der Waals surface area (Å²) >= 11 is 0. The maximum absolute atomic E-state index is 12.4. The average Bonchev–Trinajstić information content (AvgIpc) is 2.29. The van der Waals surface area contributed by atoms with Crippen molar-refractivity contribution < 1.29 is 13.2 Å². The van der Waals surface area contributed by atoms with Crippen molar-refractivity contribution in [3.8, 4) is 0 Å². The minimum absolute atomic E-state index is 0.0420. The third kappa shape index (κ3) is 3.90. The van der Waals surface area contributed by atoms with Crippen molar-refractivity contribution >= 4 is 11.7 Å². The maximum atomic E-state index is 12.4. The Hall–Kier alpha value is -1.79. The van der Waals surface area contributed by atoms with E-state index in [2.05, 4.69) is 4.98 Å². The molecule has 0 aliphatic heterocycles. The molecule has 0 atom stereocenters. The molecule has 0 saturated heterocycles. The van der Waals surface area contributed by atoms with E-state index in [1.54, 1.807) is 4.90 Å². The van der Waals surface area contributed by atoms with E-state index in [0.29, 0.717) is 25.3 Å². The zero-order valence-electron chi connectivity index (χ0n) is 9.96. The van der Waals surface area contributed by atoms with Crippen LogP contribution in [0.1, 0.15) is 18.9 Å². The van der Waals surface area contributed by atoms with Crippen molar-refractivity contribution in [2.75, 3.05) is 18.0 Å². The van der Waals surface area contributed by atoms with Gasteiger partial charge in [-0.2, -0.15) is 13.2 Å². The Bertz CT molecular complexity index is 400. The molecule has 7 heteroatoms. The molecule has 18 heavy (non-hydrogen) atoms. The molecule has 3 N–H and O–H groups in total. The lowest BCUT2D eigenvalue weighted by Gasteiger charge is -2.21. The van der Waals surface area contributed by atoms with Crippen LogP contribution in [-0.4, -0.2) is 23.9 Å². The SMILES string of the molecule is CCN(CCC(=N)N)c1ccc(C(F)(F)F)cn1. The lowest BCUT2D eigenvalue weighted by Crippen LogP contribution is -2.28. The minimum atomic E-state index is -4.37. The minimum Gasteiger partial charge on any atom is -0.388 e. The molecule has 0 aliphatic carbocycles. The summed E-state index contributed by atoms with van der Waals surface area (Å²) in [5, 5.41) is 7.12. The number of nitrogens with one attached hydrogen (secondary N) is 1. The molecule has 0 fully saturated rings. The van der Waals surface area contributed by atoms with Gasteiger partial charge in [0.2, 0.25) is 0 Å². The predicted octanol–water partition coefficient (Wildman–Crippen LogP) is 2.25. The van der Waals surface area contributed by atoms with Crippen LogP contribution in [0.3, 0.4) is 0 Å². The molecule has 1 heterocycles. The smallest absolute Gasteiger partial charge is 0.388 e. The largest absolute Gasteiger partial charge is 0.417 e. The van der Waals surface area contributed by atoms with E-state index in [1.807, 2.05) is 6.92 Å². The molecule has 0 aliphatic rings. The Morgan fingerprint density at radius 2 is 2.11 bits per heavy atom. The van der Waals surface area contributed by atoms with Gasteiger partial charge >= 0.3 is 6.18 Å². The van der Waals surface area contributed by atoms with E-state index in [0.717, 1.165) is 12.3 Å². The van der Waals surface area contributed by atoms with Crippen molar-refractivity contribution in [2.45, 2.75) is 19.5 Å². The second-order valence-electron chi connectivity index (χ2n) is 3.76. The highest BCUT2D eigenvalue weighted by molar-refractivity contribution is 5.77. The summed E-state index contributed by atoms with van der Waals surface area (Å²) < 4.78 is 37.1. The zero-order chi connectivity index (χ0) is 13.8. The van der Waals surface area contributed by atoms with Gasteiger partial charge in [0.1, 0.15) is 5.82 Å². The molecular weight excluding hydrogens is 245 g/mol. The van der Waals surface area contributed by atoms with Crippen LogP contribution in [-0.2, 0) is 6.18 Å². The summed E-state index contributed by atoms with van der Waals surface area (Å²) in [6.45, 7) is 2.91. The average molecular weight is 260 g/mol. The number of hydrogen-bond donors (Lipinski definition) is 2. The highest BCUT2D eigenvalue weighted by Gasteiger charge is 2.30. The van der Waals surface area contributed by atoms with Crippen LogP contribution >= 0.6 is 0 Å². The first-order valence-electron chi connectivity index (χ1n) is 5.45. The van der Waals surface area contributed by atoms with Crippen LogP contribution in [0.2, 0.25) is 0 Å². The van der Waals surface area contributed by atoms with Gasteiger partial charge in [-0.15, -0.1) is 0 Å². The Morgan fingerprint density at radius 1 is 1.44 bits per heavy atom. The Balaban J connectivity index is 2.79. The molecule has 100 valence electrons. The molecule has 0 spiro atoms. The predicted molar refractivity (Wildman–Crippen MR) is 63.7 cm³/mol. The number of rotatable bonds is 5. The van der Waals surface area contributed by atoms with Gasteiger partial charge in [0, 0.05) is 25.7 Å². The van der Waals surface area contributed by atoms with Gasteiger partial charge in [-0.3, -0.25) is 5.41 Å². The molecule has 0 unspecified atom stereocenters. The second-order valence-corrected chi connectivity index (χ2v) is 3.76. The summed E-state index contributed by atoms with van der Waals surface area (Å²) in [5.74, 6) is 0.493. The lowest BCUT2D eigenvalue weighted by atomic mass is 10.2. The van der Waals surface area contributed by atoms with Crippen LogP contribution in [0.5, 0.6) is 0 Å². The fraction of sp³-hybridized carbons (Fsp3) is 0.455. The summed E-state index contributed by atoms with van der Waals surface area (Å²) in [4.78, 5) is 5.55. The van der Waals surface area contributed by atoms with Gasteiger partial charge in [-0.25, -0.2) is 4.98 Å². The number of hydrogen-bond acceptors (Lipinski definition) is 3. The monoisotopic (exact) mass is 260 g/mol. The second kappa shape index (κ2) is 5.70. The Labute approximate surface area is 103 Å². The maximum Gasteiger partial charge on any atom is 0.417 e. The lowest BCUT2D eigenvalue weighted by molar-refractivity contribution is -0.137. The zero-order valence-corrected chi connectivity index (χ0v) is 9.96. The number of halogens is 3. The van der Waals surface area contributed by atoms with E-state index in [4.69, 9.17) is 11.1 Å². The fourth-order valence-corrected chi connectivity index (χ4v) is 1.43. The standard InChI is InChI=1S/C11H15F3N4/c1-2-18(6-5-9(15)16)10-4-3-8(7-17-10)11(12,13)14/h3-4,7H,2,5-6H2,1H3,(H3,15,16). The molecule has 1 aromatic rings.